The minimum atomic E-state index is -0.856. The van der Waals surface area contributed by atoms with Crippen LogP contribution < -0.4 is 5.43 Å². The SMILES string of the molecule is Cc1c(CN2CC(F)C2)n(C(C)C)c2cc(-c3nc(/N=C/C4C[C@H]5CO[C@H](O5)[C@H]4O)ncc3F)ccc2c1=O. The van der Waals surface area contributed by atoms with Gasteiger partial charge in [-0.2, -0.15) is 0 Å². The molecule has 0 saturated carbocycles. The third-order valence-electron chi connectivity index (χ3n) is 7.78. The quantitative estimate of drug-likeness (QED) is 0.479. The Morgan fingerprint density at radius 2 is 2.10 bits per heavy atom. The van der Waals surface area contributed by atoms with E-state index in [-0.39, 0.29) is 35.1 Å². The van der Waals surface area contributed by atoms with Gasteiger partial charge in [-0.25, -0.2) is 23.7 Å². The molecule has 4 atom stereocenters. The summed E-state index contributed by atoms with van der Waals surface area (Å²) >= 11 is 0. The lowest BCUT2D eigenvalue weighted by Gasteiger charge is -2.36. The number of aliphatic hydroxyl groups excluding tert-OH is 1. The Kier molecular flexibility index (Phi) is 6.78. The fraction of sp³-hybridized carbons (Fsp3) is 0.500. The summed E-state index contributed by atoms with van der Waals surface area (Å²) in [6, 6.07) is 5.14. The van der Waals surface area contributed by atoms with Crippen LogP contribution in [0.4, 0.5) is 14.7 Å². The molecular weight excluding hydrogens is 508 g/mol. The van der Waals surface area contributed by atoms with Crippen LogP contribution in [0, 0.1) is 18.7 Å². The fourth-order valence-corrected chi connectivity index (χ4v) is 5.71. The Bertz CT molecular complexity index is 1500. The Morgan fingerprint density at radius 3 is 2.85 bits per heavy atom. The molecule has 5 heterocycles. The zero-order valence-corrected chi connectivity index (χ0v) is 22.1. The number of ether oxygens (including phenoxy) is 2. The Balaban J connectivity index is 1.37. The van der Waals surface area contributed by atoms with E-state index in [1.165, 1.54) is 0 Å². The van der Waals surface area contributed by atoms with E-state index in [1.54, 1.807) is 31.3 Å². The number of aliphatic imine (C=N–C) groups is 1. The lowest BCUT2D eigenvalue weighted by molar-refractivity contribution is -0.163. The molecule has 1 N–H and O–H groups in total. The standard InChI is InChI=1S/C28H31F2N5O4/c1-14(2)35-22-7-16(4-5-20(22)25(36)15(3)23(35)12-34-10-18(29)11-34)24-21(30)9-32-28(33-24)31-8-17-6-19-13-38-27(39-19)26(17)37/h4-5,7-9,14,17-19,26-27,37H,6,10-13H2,1-3H3/b31-8+/t17?,19-,26-,27+/m0/s1. The molecular formula is C28H31F2N5O4. The van der Waals surface area contributed by atoms with E-state index in [2.05, 4.69) is 19.5 Å². The van der Waals surface area contributed by atoms with Gasteiger partial charge < -0.3 is 19.1 Å². The first-order valence-electron chi connectivity index (χ1n) is 13.3. The van der Waals surface area contributed by atoms with Crippen LogP contribution in [0.15, 0.2) is 34.2 Å². The number of fused-ring (bicyclic) bond motifs is 3. The van der Waals surface area contributed by atoms with Crippen LogP contribution in [0.5, 0.6) is 0 Å². The van der Waals surface area contributed by atoms with Crippen LogP contribution in [-0.2, 0) is 16.0 Å². The number of hydrogen-bond acceptors (Lipinski definition) is 8. The largest absolute Gasteiger partial charge is 0.387 e. The Labute approximate surface area is 224 Å². The van der Waals surface area contributed by atoms with Crippen molar-refractivity contribution in [2.24, 2.45) is 10.9 Å². The highest BCUT2D eigenvalue weighted by Gasteiger charge is 2.42. The first kappa shape index (κ1) is 26.1. The Morgan fingerprint density at radius 1 is 1.31 bits per heavy atom. The molecule has 0 amide bonds. The van der Waals surface area contributed by atoms with Crippen LogP contribution in [0.1, 0.15) is 37.6 Å². The maximum absolute atomic E-state index is 15.0. The Hall–Kier alpha value is -3.12. The number of pyridine rings is 1. The van der Waals surface area contributed by atoms with E-state index in [1.807, 2.05) is 18.7 Å². The second-order valence-electron chi connectivity index (χ2n) is 10.9. The van der Waals surface area contributed by atoms with Gasteiger partial charge in [0.2, 0.25) is 5.95 Å². The van der Waals surface area contributed by atoms with Crippen molar-refractivity contribution in [3.8, 4) is 11.3 Å². The molecule has 0 radical (unpaired) electrons. The van der Waals surface area contributed by atoms with E-state index in [0.717, 1.165) is 11.9 Å². The molecule has 11 heteroatoms. The van der Waals surface area contributed by atoms with E-state index in [0.29, 0.717) is 54.7 Å². The lowest BCUT2D eigenvalue weighted by Crippen LogP contribution is -2.48. The highest BCUT2D eigenvalue weighted by Crippen LogP contribution is 2.32. The lowest BCUT2D eigenvalue weighted by atomic mass is 9.95. The average Bonchev–Trinajstić information content (AvgIpc) is 3.31. The van der Waals surface area contributed by atoms with E-state index in [9.17, 15) is 14.3 Å². The van der Waals surface area contributed by atoms with Crippen molar-refractivity contribution in [3.63, 3.8) is 0 Å². The van der Waals surface area contributed by atoms with Crippen LogP contribution in [-0.4, -0.2) is 75.1 Å². The maximum atomic E-state index is 15.0. The van der Waals surface area contributed by atoms with Gasteiger partial charge in [0.1, 0.15) is 18.0 Å². The summed E-state index contributed by atoms with van der Waals surface area (Å²) in [5.41, 5.74) is 2.56. The van der Waals surface area contributed by atoms with Crippen molar-refractivity contribution in [1.29, 1.82) is 0 Å². The van der Waals surface area contributed by atoms with Gasteiger partial charge in [-0.05, 0) is 39.3 Å². The molecule has 6 rings (SSSR count). The number of aliphatic hydroxyl groups is 1. The number of hydrogen-bond donors (Lipinski definition) is 1. The molecule has 2 aromatic heterocycles. The number of benzene rings is 1. The van der Waals surface area contributed by atoms with Gasteiger partial charge in [-0.1, -0.05) is 6.07 Å². The summed E-state index contributed by atoms with van der Waals surface area (Å²) in [6.07, 6.45) is 0.732. The minimum Gasteiger partial charge on any atom is -0.387 e. The molecule has 1 unspecified atom stereocenters. The first-order chi connectivity index (χ1) is 18.7. The summed E-state index contributed by atoms with van der Waals surface area (Å²) in [6.45, 7) is 7.43. The summed E-state index contributed by atoms with van der Waals surface area (Å²) < 4.78 is 41.6. The molecule has 3 aliphatic heterocycles. The summed E-state index contributed by atoms with van der Waals surface area (Å²) in [5, 5.41) is 11.0. The van der Waals surface area contributed by atoms with Crippen molar-refractivity contribution in [1.82, 2.24) is 19.4 Å². The smallest absolute Gasteiger partial charge is 0.249 e. The van der Waals surface area contributed by atoms with Crippen LogP contribution >= 0.6 is 0 Å². The second-order valence-corrected chi connectivity index (χ2v) is 10.9. The molecule has 2 bridgehead atoms. The van der Waals surface area contributed by atoms with Crippen molar-refractivity contribution < 1.29 is 23.4 Å². The predicted molar refractivity (Wildman–Crippen MR) is 141 cm³/mol. The number of alkyl halides is 1. The summed E-state index contributed by atoms with van der Waals surface area (Å²) in [7, 11) is 0. The molecule has 3 saturated heterocycles. The zero-order chi connectivity index (χ0) is 27.4. The van der Waals surface area contributed by atoms with Gasteiger partial charge in [0.15, 0.2) is 17.5 Å². The highest BCUT2D eigenvalue weighted by atomic mass is 19.1. The molecule has 39 heavy (non-hydrogen) atoms. The van der Waals surface area contributed by atoms with Gasteiger partial charge in [-0.15, -0.1) is 0 Å². The van der Waals surface area contributed by atoms with Gasteiger partial charge in [0, 0.05) is 60.0 Å². The molecule has 1 aromatic carbocycles. The van der Waals surface area contributed by atoms with E-state index < -0.39 is 24.4 Å². The van der Waals surface area contributed by atoms with Gasteiger partial charge >= 0.3 is 0 Å². The molecule has 3 fully saturated rings. The monoisotopic (exact) mass is 539 g/mol. The minimum absolute atomic E-state index is 0.0000746. The number of nitrogens with zero attached hydrogens (tertiary/aromatic N) is 5. The summed E-state index contributed by atoms with van der Waals surface area (Å²) in [5.74, 6) is -0.857. The number of aromatic nitrogens is 3. The topological polar surface area (TPSA) is 102 Å². The molecule has 206 valence electrons. The predicted octanol–water partition coefficient (Wildman–Crippen LogP) is 3.47. The first-order valence-corrected chi connectivity index (χ1v) is 13.3. The normalized spacial score (nSPS) is 25.7. The average molecular weight is 540 g/mol. The highest BCUT2D eigenvalue weighted by molar-refractivity contribution is 5.85. The van der Waals surface area contributed by atoms with Crippen molar-refractivity contribution >= 4 is 23.1 Å². The fourth-order valence-electron chi connectivity index (χ4n) is 5.71. The summed E-state index contributed by atoms with van der Waals surface area (Å²) in [4.78, 5) is 28.0. The zero-order valence-electron chi connectivity index (χ0n) is 22.1. The van der Waals surface area contributed by atoms with Gasteiger partial charge in [0.05, 0.1) is 24.4 Å². The number of rotatable bonds is 6. The van der Waals surface area contributed by atoms with Gasteiger partial charge in [-0.3, -0.25) is 9.69 Å². The molecule has 3 aliphatic rings. The molecule has 3 aromatic rings. The van der Waals surface area contributed by atoms with Crippen LogP contribution in [0.2, 0.25) is 0 Å². The van der Waals surface area contributed by atoms with Crippen molar-refractivity contribution in [2.75, 3.05) is 19.7 Å². The molecule has 0 aliphatic carbocycles. The number of halogens is 2. The van der Waals surface area contributed by atoms with Crippen molar-refractivity contribution in [3.05, 3.63) is 51.7 Å². The van der Waals surface area contributed by atoms with E-state index >= 15 is 4.39 Å². The van der Waals surface area contributed by atoms with Crippen LogP contribution in [0.25, 0.3) is 22.2 Å². The molecule has 9 nitrogen and oxygen atoms in total. The maximum Gasteiger partial charge on any atom is 0.249 e. The van der Waals surface area contributed by atoms with E-state index in [4.69, 9.17) is 9.47 Å². The third-order valence-corrected chi connectivity index (χ3v) is 7.78. The van der Waals surface area contributed by atoms with Crippen molar-refractivity contribution in [2.45, 2.75) is 64.4 Å². The second kappa shape index (κ2) is 10.1. The third kappa shape index (κ3) is 4.77. The molecule has 0 spiro atoms. The van der Waals surface area contributed by atoms with Crippen LogP contribution in [0.3, 0.4) is 0 Å². The van der Waals surface area contributed by atoms with Gasteiger partial charge in [0.25, 0.3) is 0 Å². The number of likely N-dealkylation sites (tertiary alicyclic amines) is 1.